The third-order valence-corrected chi connectivity index (χ3v) is 7.03. The Kier molecular flexibility index (Phi) is 25.3. The second kappa shape index (κ2) is 28.3. The number of primary amides is 3. The summed E-state index contributed by atoms with van der Waals surface area (Å²) in [7, 11) is 0. The van der Waals surface area contributed by atoms with Crippen LogP contribution in [0.3, 0.4) is 0 Å². The first-order chi connectivity index (χ1) is 24.6. The van der Waals surface area contributed by atoms with Gasteiger partial charge in [0.2, 0.25) is 11.8 Å². The van der Waals surface area contributed by atoms with Gasteiger partial charge >= 0.3 is 0 Å². The second-order valence-electron chi connectivity index (χ2n) is 10.5. The number of nitrogens with two attached hydrogens (primary N) is 4. The maximum absolute atomic E-state index is 11.6. The monoisotopic (exact) mass is 786 g/mol. The number of amides is 3. The molecule has 0 heterocycles. The van der Waals surface area contributed by atoms with Crippen LogP contribution >= 0.6 is 28.3 Å². The zero-order valence-electron chi connectivity index (χ0n) is 29.0. The lowest BCUT2D eigenvalue weighted by atomic mass is 9.99. The van der Waals surface area contributed by atoms with Crippen molar-refractivity contribution in [2.45, 2.75) is 31.0 Å². The van der Waals surface area contributed by atoms with E-state index < -0.39 is 29.8 Å². The van der Waals surface area contributed by atoms with Crippen molar-refractivity contribution in [1.29, 1.82) is 0 Å². The van der Waals surface area contributed by atoms with Gasteiger partial charge < -0.3 is 22.9 Å². The Morgan fingerprint density at radius 2 is 1.02 bits per heavy atom. The van der Waals surface area contributed by atoms with Gasteiger partial charge in [-0.25, -0.2) is 0 Å². The van der Waals surface area contributed by atoms with Crippen molar-refractivity contribution in [1.82, 2.24) is 0 Å². The van der Waals surface area contributed by atoms with Crippen LogP contribution in [-0.4, -0.2) is 47.1 Å². The third-order valence-electron chi connectivity index (χ3n) is 6.57. The van der Waals surface area contributed by atoms with Gasteiger partial charge in [0.25, 0.3) is 5.91 Å². The van der Waals surface area contributed by atoms with E-state index in [0.29, 0.717) is 12.8 Å². The number of carbonyl (C=O) groups excluding carboxylic acids is 3. The summed E-state index contributed by atoms with van der Waals surface area (Å²) >= 11 is 3.13. The standard InChI is InChI=1S/C18H18N2O.C15H14N2O.C5H10N2O.C3H5Br.ClH/c1-2-9-16(18(19)21)20-17(14-10-5-3-6-11-14)15-12-7-4-8-13-15;16-14(18)11-17-15(12-7-3-1-4-8-12)13-9-5-2-6-10-13;1-2-3-4(6)5(7)8;1-2-3-4;/h2-8,10-13,16H,1,9H2,(H2,19,21);1-11,15H,(H2,16,18);2,4H,1,3,6H2,(H2,7,8);2H,1,3H2;1H. The van der Waals surface area contributed by atoms with E-state index >= 15 is 0 Å². The van der Waals surface area contributed by atoms with E-state index in [-0.39, 0.29) is 18.4 Å². The average molecular weight is 788 g/mol. The van der Waals surface area contributed by atoms with E-state index in [9.17, 15) is 14.4 Å². The van der Waals surface area contributed by atoms with Crippen LogP contribution < -0.4 is 22.9 Å². The highest BCUT2D eigenvalue weighted by Gasteiger charge is 2.15. The van der Waals surface area contributed by atoms with Crippen LogP contribution in [0.2, 0.25) is 0 Å². The zero-order chi connectivity index (χ0) is 37.9. The Morgan fingerprint density at radius 3 is 1.31 bits per heavy atom. The molecule has 4 rings (SSSR count). The topological polar surface area (TPSA) is 180 Å². The molecule has 4 aromatic carbocycles. The summed E-state index contributed by atoms with van der Waals surface area (Å²) in [5.41, 5.74) is 25.3. The summed E-state index contributed by atoms with van der Waals surface area (Å²) in [5, 5.41) is 0.896. The average Bonchev–Trinajstić information content (AvgIpc) is 3.15. The molecule has 0 spiro atoms. The molecular formula is C41H48BrClN6O3. The highest BCUT2D eigenvalue weighted by Crippen LogP contribution is 2.25. The number of nitrogens with zero attached hydrogens (tertiary/aromatic N) is 2. The fourth-order valence-corrected chi connectivity index (χ4v) is 4.13. The van der Waals surface area contributed by atoms with Gasteiger partial charge in [0.15, 0.2) is 0 Å². The van der Waals surface area contributed by atoms with Crippen LogP contribution in [0.25, 0.3) is 0 Å². The lowest BCUT2D eigenvalue weighted by Gasteiger charge is -2.12. The minimum atomic E-state index is -0.599. The molecule has 0 bridgehead atoms. The Labute approximate surface area is 321 Å². The molecule has 274 valence electrons. The summed E-state index contributed by atoms with van der Waals surface area (Å²) in [5.74, 6) is -1.46. The van der Waals surface area contributed by atoms with E-state index in [1.165, 1.54) is 6.21 Å². The number of aliphatic imine (C=N–C) groups is 2. The predicted octanol–water partition coefficient (Wildman–Crippen LogP) is 6.65. The van der Waals surface area contributed by atoms with Gasteiger partial charge in [-0.1, -0.05) is 155 Å². The minimum absolute atomic E-state index is 0. The zero-order valence-corrected chi connectivity index (χ0v) is 31.4. The molecule has 11 heteroatoms. The van der Waals surface area contributed by atoms with Crippen LogP contribution in [0.5, 0.6) is 0 Å². The molecule has 0 aliphatic heterocycles. The van der Waals surface area contributed by atoms with Crippen molar-refractivity contribution < 1.29 is 14.4 Å². The van der Waals surface area contributed by atoms with Gasteiger partial charge in [-0.05, 0) is 24.0 Å². The number of halogens is 2. The largest absolute Gasteiger partial charge is 0.368 e. The first-order valence-corrected chi connectivity index (χ1v) is 17.1. The van der Waals surface area contributed by atoms with Crippen molar-refractivity contribution in [3.8, 4) is 0 Å². The molecule has 3 amide bonds. The number of alkyl halides is 1. The molecule has 0 saturated heterocycles. The quantitative estimate of drug-likeness (QED) is 0.0635. The van der Waals surface area contributed by atoms with Gasteiger partial charge in [0.05, 0.1) is 18.0 Å². The smallest absolute Gasteiger partial charge is 0.259 e. The molecule has 0 radical (unpaired) electrons. The molecule has 52 heavy (non-hydrogen) atoms. The van der Waals surface area contributed by atoms with Crippen molar-refractivity contribution in [3.05, 3.63) is 182 Å². The molecule has 4 aromatic rings. The summed E-state index contributed by atoms with van der Waals surface area (Å²) in [4.78, 5) is 41.4. The Balaban J connectivity index is 0.000000760. The molecule has 0 aliphatic rings. The van der Waals surface area contributed by atoms with Gasteiger partial charge in [-0.15, -0.1) is 32.1 Å². The van der Waals surface area contributed by atoms with Crippen molar-refractivity contribution in [2.24, 2.45) is 32.9 Å². The highest BCUT2D eigenvalue weighted by atomic mass is 79.9. The molecule has 2 atom stereocenters. The van der Waals surface area contributed by atoms with Crippen molar-refractivity contribution in [2.75, 3.05) is 5.33 Å². The normalized spacial score (nSPS) is 10.8. The maximum Gasteiger partial charge on any atom is 0.259 e. The second-order valence-corrected chi connectivity index (χ2v) is 11.2. The van der Waals surface area contributed by atoms with Crippen molar-refractivity contribution >= 4 is 58.0 Å². The van der Waals surface area contributed by atoms with Gasteiger partial charge in [0, 0.05) is 16.5 Å². The summed E-state index contributed by atoms with van der Waals surface area (Å²) < 4.78 is 0. The maximum atomic E-state index is 11.6. The number of rotatable bonds is 14. The number of allylic oxidation sites excluding steroid dienone is 1. The fraction of sp³-hybridized carbons (Fsp3) is 0.146. The van der Waals surface area contributed by atoms with Gasteiger partial charge in [-0.2, -0.15) is 0 Å². The van der Waals surface area contributed by atoms with E-state index in [0.717, 1.165) is 33.3 Å². The Bertz CT molecular complexity index is 1610. The first-order valence-electron chi connectivity index (χ1n) is 15.9. The molecule has 8 N–H and O–H groups in total. The molecule has 2 unspecified atom stereocenters. The number of hydrogen-bond donors (Lipinski definition) is 4. The third kappa shape index (κ3) is 19.1. The lowest BCUT2D eigenvalue weighted by molar-refractivity contribution is -0.119. The van der Waals surface area contributed by atoms with Crippen molar-refractivity contribution in [3.63, 3.8) is 0 Å². The van der Waals surface area contributed by atoms with E-state index in [1.54, 1.807) is 18.2 Å². The van der Waals surface area contributed by atoms with E-state index in [2.05, 4.69) is 45.7 Å². The van der Waals surface area contributed by atoms with Crippen LogP contribution in [0.4, 0.5) is 0 Å². The first kappa shape index (κ1) is 46.6. The SMILES string of the molecule is C=CCBr.C=CCC(N)C(N)=O.C=CCC(N=C(c1ccccc1)c1ccccc1)C(N)=O.Cl.NC(=O)C=NC(c1ccccc1)c1ccccc1. The van der Waals surface area contributed by atoms with E-state index in [4.69, 9.17) is 22.9 Å². The number of carbonyl (C=O) groups is 3. The van der Waals surface area contributed by atoms with Crippen LogP contribution in [0, 0.1) is 0 Å². The summed E-state index contributed by atoms with van der Waals surface area (Å²) in [6.07, 6.45) is 7.07. The van der Waals surface area contributed by atoms with Crippen LogP contribution in [-0.2, 0) is 14.4 Å². The Morgan fingerprint density at radius 1 is 0.635 bits per heavy atom. The highest BCUT2D eigenvalue weighted by molar-refractivity contribution is 9.09. The minimum Gasteiger partial charge on any atom is -0.368 e. The Hall–Kier alpha value is -5.42. The molecule has 0 saturated carbocycles. The molecular weight excluding hydrogens is 740 g/mol. The lowest BCUT2D eigenvalue weighted by Crippen LogP contribution is -2.35. The van der Waals surface area contributed by atoms with Gasteiger partial charge in [0.1, 0.15) is 12.1 Å². The molecule has 9 nitrogen and oxygen atoms in total. The summed E-state index contributed by atoms with van der Waals surface area (Å²) in [6.45, 7) is 10.5. The predicted molar refractivity (Wildman–Crippen MR) is 222 cm³/mol. The molecule has 0 aromatic heterocycles. The van der Waals surface area contributed by atoms with E-state index in [1.807, 2.05) is 121 Å². The molecule has 0 fully saturated rings. The molecule has 0 aliphatic carbocycles. The number of benzene rings is 4. The number of hydrogen-bond acceptors (Lipinski definition) is 6. The van der Waals surface area contributed by atoms with Crippen LogP contribution in [0.1, 0.15) is 41.1 Å². The summed E-state index contributed by atoms with van der Waals surface area (Å²) in [6, 6.07) is 37.8. The fourth-order valence-electron chi connectivity index (χ4n) is 4.13. The van der Waals surface area contributed by atoms with Gasteiger partial charge in [-0.3, -0.25) is 24.4 Å². The van der Waals surface area contributed by atoms with Crippen LogP contribution in [0.15, 0.2) is 169 Å².